The van der Waals surface area contributed by atoms with Gasteiger partial charge in [0.25, 0.3) is 0 Å². The van der Waals surface area contributed by atoms with E-state index in [1.54, 1.807) is 6.26 Å². The first kappa shape index (κ1) is 5.83. The van der Waals surface area contributed by atoms with E-state index in [-0.39, 0.29) is 0 Å². The molecule has 0 saturated heterocycles. The largest absolute Gasteiger partial charge is 0.464 e. The Morgan fingerprint density at radius 2 is 2.08 bits per heavy atom. The second-order valence-corrected chi connectivity index (χ2v) is 2.63. The highest BCUT2D eigenvalue weighted by atomic mass is 16.3. The van der Waals surface area contributed by atoms with Crippen molar-refractivity contribution in [1.82, 2.24) is 4.98 Å². The third-order valence-electron chi connectivity index (χ3n) is 1.91. The molecule has 3 aromatic rings. The monoisotopic (exact) mass is 159 g/mol. The van der Waals surface area contributed by atoms with Gasteiger partial charge in [-0.25, -0.2) is 4.98 Å². The molecule has 2 aromatic heterocycles. The van der Waals surface area contributed by atoms with E-state index in [9.17, 15) is 0 Å². The molecule has 2 heterocycles. The van der Waals surface area contributed by atoms with Crippen molar-refractivity contribution < 1.29 is 8.83 Å². The maximum absolute atomic E-state index is 5.21. The molecule has 0 aliphatic rings. The summed E-state index contributed by atoms with van der Waals surface area (Å²) in [7, 11) is 0. The Bertz CT molecular complexity index is 444. The number of benzene rings is 1. The number of nitrogens with zero attached hydrogens (tertiary/aromatic N) is 1. The minimum Gasteiger partial charge on any atom is -0.464 e. The van der Waals surface area contributed by atoms with Gasteiger partial charge in [-0.15, -0.1) is 0 Å². The van der Waals surface area contributed by atoms with E-state index < -0.39 is 0 Å². The van der Waals surface area contributed by atoms with Gasteiger partial charge >= 0.3 is 0 Å². The molecular formula is C9H5NO2. The molecule has 0 saturated carbocycles. The number of fused-ring (bicyclic) bond motifs is 2. The van der Waals surface area contributed by atoms with Crippen LogP contribution in [0.5, 0.6) is 0 Å². The van der Waals surface area contributed by atoms with Crippen LogP contribution in [0.4, 0.5) is 0 Å². The average molecular weight is 159 g/mol. The van der Waals surface area contributed by atoms with Crippen molar-refractivity contribution in [2.45, 2.75) is 0 Å². The molecule has 0 aliphatic carbocycles. The molecule has 0 unspecified atom stereocenters. The van der Waals surface area contributed by atoms with Crippen molar-refractivity contribution in [3.05, 3.63) is 30.9 Å². The van der Waals surface area contributed by atoms with Crippen LogP contribution in [0.2, 0.25) is 0 Å². The molecule has 0 atom stereocenters. The molecule has 0 aliphatic heterocycles. The molecule has 0 N–H and O–H groups in total. The summed E-state index contributed by atoms with van der Waals surface area (Å²) in [6, 6.07) is 5.69. The van der Waals surface area contributed by atoms with E-state index in [2.05, 4.69) is 4.98 Å². The minimum atomic E-state index is 0.795. The lowest BCUT2D eigenvalue weighted by Gasteiger charge is -1.86. The van der Waals surface area contributed by atoms with Crippen molar-refractivity contribution in [3.63, 3.8) is 0 Å². The molecule has 0 amide bonds. The van der Waals surface area contributed by atoms with E-state index in [1.165, 1.54) is 6.39 Å². The van der Waals surface area contributed by atoms with Gasteiger partial charge in [-0.3, -0.25) is 0 Å². The zero-order chi connectivity index (χ0) is 7.97. The van der Waals surface area contributed by atoms with Gasteiger partial charge in [0.2, 0.25) is 0 Å². The summed E-state index contributed by atoms with van der Waals surface area (Å²) in [5.74, 6) is 0. The van der Waals surface area contributed by atoms with E-state index in [1.807, 2.05) is 18.2 Å². The summed E-state index contributed by atoms with van der Waals surface area (Å²) in [4.78, 5) is 4.02. The lowest BCUT2D eigenvalue weighted by Crippen LogP contribution is -1.66. The van der Waals surface area contributed by atoms with Gasteiger partial charge in [-0.2, -0.15) is 0 Å². The van der Waals surface area contributed by atoms with Crippen LogP contribution in [-0.4, -0.2) is 4.98 Å². The number of hydrogen-bond acceptors (Lipinski definition) is 3. The molecule has 0 spiro atoms. The average Bonchev–Trinajstić information content (AvgIpc) is 2.64. The van der Waals surface area contributed by atoms with Crippen molar-refractivity contribution >= 4 is 22.1 Å². The van der Waals surface area contributed by atoms with Gasteiger partial charge < -0.3 is 8.83 Å². The number of hydrogen-bond donors (Lipinski definition) is 0. The summed E-state index contributed by atoms with van der Waals surface area (Å²) >= 11 is 0. The molecule has 0 bridgehead atoms. The van der Waals surface area contributed by atoms with Crippen molar-refractivity contribution in [2.24, 2.45) is 0 Å². The maximum atomic E-state index is 5.21. The van der Waals surface area contributed by atoms with E-state index >= 15 is 0 Å². The lowest BCUT2D eigenvalue weighted by atomic mass is 10.2. The normalized spacial score (nSPS) is 11.3. The predicted octanol–water partition coefficient (Wildman–Crippen LogP) is 2.57. The van der Waals surface area contributed by atoms with Gasteiger partial charge in [0.1, 0.15) is 11.1 Å². The standard InChI is InChI=1S/C9H5NO2/c1-2-11-8-4-7-9(3-6(1)8)12-5-10-7/h1-5H. The van der Waals surface area contributed by atoms with E-state index in [0.29, 0.717) is 0 Å². The van der Waals surface area contributed by atoms with Crippen molar-refractivity contribution in [1.29, 1.82) is 0 Å². The molecule has 0 fully saturated rings. The first-order valence-corrected chi connectivity index (χ1v) is 3.64. The maximum Gasteiger partial charge on any atom is 0.181 e. The number of aromatic nitrogens is 1. The molecule has 1 aromatic carbocycles. The highest BCUT2D eigenvalue weighted by molar-refractivity contribution is 5.90. The Morgan fingerprint density at radius 3 is 3.08 bits per heavy atom. The number of rotatable bonds is 0. The Kier molecular flexibility index (Phi) is 0.913. The van der Waals surface area contributed by atoms with Gasteiger partial charge in [-0.1, -0.05) is 0 Å². The molecule has 58 valence electrons. The predicted molar refractivity (Wildman–Crippen MR) is 43.8 cm³/mol. The Hall–Kier alpha value is -1.77. The molecular weight excluding hydrogens is 154 g/mol. The Labute approximate surface area is 67.6 Å². The summed E-state index contributed by atoms with van der Waals surface area (Å²) < 4.78 is 10.4. The summed E-state index contributed by atoms with van der Waals surface area (Å²) in [6.07, 6.45) is 3.09. The van der Waals surface area contributed by atoms with Crippen LogP contribution < -0.4 is 0 Å². The summed E-state index contributed by atoms with van der Waals surface area (Å²) in [5, 5.41) is 1.04. The summed E-state index contributed by atoms with van der Waals surface area (Å²) in [6.45, 7) is 0. The van der Waals surface area contributed by atoms with E-state index in [0.717, 1.165) is 22.1 Å². The first-order chi connectivity index (χ1) is 5.93. The topological polar surface area (TPSA) is 39.2 Å². The second-order valence-electron chi connectivity index (χ2n) is 2.63. The van der Waals surface area contributed by atoms with Gasteiger partial charge in [0, 0.05) is 11.5 Å². The Balaban J connectivity index is 2.62. The van der Waals surface area contributed by atoms with Crippen LogP contribution in [0, 0.1) is 0 Å². The van der Waals surface area contributed by atoms with E-state index in [4.69, 9.17) is 8.83 Å². The molecule has 3 rings (SSSR count). The third-order valence-corrected chi connectivity index (χ3v) is 1.91. The molecule has 3 nitrogen and oxygen atoms in total. The molecule has 3 heteroatoms. The molecule has 0 radical (unpaired) electrons. The highest BCUT2D eigenvalue weighted by Crippen LogP contribution is 2.22. The lowest BCUT2D eigenvalue weighted by molar-refractivity contribution is 0.602. The van der Waals surface area contributed by atoms with Gasteiger partial charge in [0.15, 0.2) is 12.0 Å². The fraction of sp³-hybridized carbons (Fsp3) is 0. The van der Waals surface area contributed by atoms with Crippen LogP contribution in [0.1, 0.15) is 0 Å². The van der Waals surface area contributed by atoms with Crippen LogP contribution in [-0.2, 0) is 0 Å². The van der Waals surface area contributed by atoms with Gasteiger partial charge in [0.05, 0.1) is 6.26 Å². The Morgan fingerprint density at radius 1 is 1.08 bits per heavy atom. The number of furan rings is 1. The fourth-order valence-corrected chi connectivity index (χ4v) is 1.31. The smallest absolute Gasteiger partial charge is 0.181 e. The second kappa shape index (κ2) is 1.88. The zero-order valence-corrected chi connectivity index (χ0v) is 6.15. The van der Waals surface area contributed by atoms with Crippen LogP contribution in [0.3, 0.4) is 0 Å². The van der Waals surface area contributed by atoms with Crippen LogP contribution in [0.15, 0.2) is 39.7 Å². The minimum absolute atomic E-state index is 0.795. The first-order valence-electron chi connectivity index (χ1n) is 3.64. The zero-order valence-electron chi connectivity index (χ0n) is 6.15. The summed E-state index contributed by atoms with van der Waals surface area (Å²) in [5.41, 5.74) is 2.47. The quantitative estimate of drug-likeness (QED) is 0.506. The van der Waals surface area contributed by atoms with Crippen molar-refractivity contribution in [2.75, 3.05) is 0 Å². The SMILES string of the molecule is c1cc2cc3ocnc3cc2o1. The van der Waals surface area contributed by atoms with Crippen LogP contribution in [0.25, 0.3) is 22.1 Å². The van der Waals surface area contributed by atoms with Crippen LogP contribution >= 0.6 is 0 Å². The number of oxazole rings is 1. The highest BCUT2D eigenvalue weighted by Gasteiger charge is 2.02. The molecule has 12 heavy (non-hydrogen) atoms. The van der Waals surface area contributed by atoms with Crippen molar-refractivity contribution in [3.8, 4) is 0 Å². The third kappa shape index (κ3) is 0.625. The van der Waals surface area contributed by atoms with Gasteiger partial charge in [-0.05, 0) is 12.1 Å². The fourth-order valence-electron chi connectivity index (χ4n) is 1.31.